The van der Waals surface area contributed by atoms with Crippen molar-refractivity contribution in [2.24, 2.45) is 5.73 Å². The Morgan fingerprint density at radius 2 is 1.90 bits per heavy atom. The molecule has 1 aromatic carbocycles. The van der Waals surface area contributed by atoms with E-state index >= 15 is 0 Å². The first-order valence-electron chi connectivity index (χ1n) is 10.0. The van der Waals surface area contributed by atoms with Gasteiger partial charge in [-0.15, -0.1) is 0 Å². The van der Waals surface area contributed by atoms with Gasteiger partial charge in [0.25, 0.3) is 5.91 Å². The Morgan fingerprint density at radius 1 is 1.21 bits per heavy atom. The van der Waals surface area contributed by atoms with Gasteiger partial charge in [-0.3, -0.25) is 9.59 Å². The van der Waals surface area contributed by atoms with Crippen LogP contribution < -0.4 is 10.5 Å². The normalized spacial score (nSPS) is 16.5. The molecule has 1 aliphatic heterocycles. The Morgan fingerprint density at radius 3 is 2.55 bits per heavy atom. The monoisotopic (exact) mass is 396 g/mol. The van der Waals surface area contributed by atoms with Crippen LogP contribution in [0.4, 0.5) is 0 Å². The highest BCUT2D eigenvalue weighted by Gasteiger charge is 2.29. The summed E-state index contributed by atoms with van der Waals surface area (Å²) >= 11 is 0. The summed E-state index contributed by atoms with van der Waals surface area (Å²) in [4.78, 5) is 35.6. The van der Waals surface area contributed by atoms with Crippen LogP contribution in [-0.2, 0) is 11.2 Å². The Bertz CT molecular complexity index is 890. The first-order chi connectivity index (χ1) is 13.9. The molecule has 1 aromatic heterocycles. The number of nitrogens with zero attached hydrogens (tertiary/aromatic N) is 3. The van der Waals surface area contributed by atoms with Crippen molar-refractivity contribution in [1.29, 1.82) is 0 Å². The third-order valence-electron chi connectivity index (χ3n) is 5.28. The molecule has 0 saturated carbocycles. The lowest BCUT2D eigenvalue weighted by atomic mass is 9.95. The van der Waals surface area contributed by atoms with Crippen LogP contribution in [0.1, 0.15) is 58.8 Å². The standard InChI is InChI=1S/C22H28N4O3/c1-4-29-19-10-6-5-9-17(19)22(28)26-11-7-8-16(13-26)21-24-14(2)18(12-20(23)27)15(3)25-21/h5-6,9-10,16H,4,7-8,11-13H2,1-3H3,(H2,23,27). The van der Waals surface area contributed by atoms with Crippen molar-refractivity contribution in [2.75, 3.05) is 19.7 Å². The lowest BCUT2D eigenvalue weighted by Gasteiger charge is -2.32. The number of primary amides is 1. The maximum atomic E-state index is 13.1. The van der Waals surface area contributed by atoms with Crippen molar-refractivity contribution < 1.29 is 14.3 Å². The van der Waals surface area contributed by atoms with Crippen LogP contribution in [0.5, 0.6) is 5.75 Å². The molecule has 2 heterocycles. The maximum Gasteiger partial charge on any atom is 0.257 e. The molecule has 2 aromatic rings. The number of carbonyl (C=O) groups excluding carboxylic acids is 2. The number of para-hydroxylation sites is 1. The second-order valence-electron chi connectivity index (χ2n) is 7.39. The SMILES string of the molecule is CCOc1ccccc1C(=O)N1CCCC(c2nc(C)c(CC(N)=O)c(C)n2)C1. The number of likely N-dealkylation sites (tertiary alicyclic amines) is 1. The van der Waals surface area contributed by atoms with Gasteiger partial charge in [0.1, 0.15) is 11.6 Å². The molecule has 0 radical (unpaired) electrons. The van der Waals surface area contributed by atoms with Gasteiger partial charge in [-0.25, -0.2) is 9.97 Å². The van der Waals surface area contributed by atoms with E-state index in [1.54, 1.807) is 6.07 Å². The number of aryl methyl sites for hydroxylation is 2. The highest BCUT2D eigenvalue weighted by molar-refractivity contribution is 5.97. The van der Waals surface area contributed by atoms with Crippen LogP contribution in [0.15, 0.2) is 24.3 Å². The van der Waals surface area contributed by atoms with E-state index in [0.29, 0.717) is 31.0 Å². The zero-order valence-electron chi connectivity index (χ0n) is 17.3. The molecule has 154 valence electrons. The number of amides is 2. The molecule has 1 fully saturated rings. The number of hydrogen-bond acceptors (Lipinski definition) is 5. The minimum absolute atomic E-state index is 0.0301. The van der Waals surface area contributed by atoms with Gasteiger partial charge < -0.3 is 15.4 Å². The molecule has 3 rings (SSSR count). The van der Waals surface area contributed by atoms with Gasteiger partial charge in [-0.2, -0.15) is 0 Å². The van der Waals surface area contributed by atoms with Crippen LogP contribution >= 0.6 is 0 Å². The molecule has 0 spiro atoms. The molecule has 1 saturated heterocycles. The number of benzene rings is 1. The van der Waals surface area contributed by atoms with Crippen LogP contribution in [0.3, 0.4) is 0 Å². The van der Waals surface area contributed by atoms with Crippen molar-refractivity contribution in [3.63, 3.8) is 0 Å². The molecule has 0 bridgehead atoms. The average molecular weight is 396 g/mol. The van der Waals surface area contributed by atoms with Crippen LogP contribution in [0.25, 0.3) is 0 Å². The molecule has 7 heteroatoms. The van der Waals surface area contributed by atoms with E-state index in [4.69, 9.17) is 10.5 Å². The number of rotatable bonds is 6. The number of hydrogen-bond donors (Lipinski definition) is 1. The minimum atomic E-state index is -0.394. The number of piperidine rings is 1. The summed E-state index contributed by atoms with van der Waals surface area (Å²) in [7, 11) is 0. The highest BCUT2D eigenvalue weighted by Crippen LogP contribution is 2.28. The maximum absolute atomic E-state index is 13.1. The molecule has 2 amide bonds. The number of ether oxygens (including phenoxy) is 1. The van der Waals surface area contributed by atoms with Crippen molar-refractivity contribution in [3.8, 4) is 5.75 Å². The Labute approximate surface area is 171 Å². The van der Waals surface area contributed by atoms with E-state index in [-0.39, 0.29) is 18.2 Å². The van der Waals surface area contributed by atoms with Gasteiger partial charge >= 0.3 is 0 Å². The van der Waals surface area contributed by atoms with Gasteiger partial charge in [0.15, 0.2) is 0 Å². The third kappa shape index (κ3) is 4.72. The molecule has 29 heavy (non-hydrogen) atoms. The second-order valence-corrected chi connectivity index (χ2v) is 7.39. The quantitative estimate of drug-likeness (QED) is 0.809. The minimum Gasteiger partial charge on any atom is -0.493 e. The third-order valence-corrected chi connectivity index (χ3v) is 5.28. The fraction of sp³-hybridized carbons (Fsp3) is 0.455. The molecular formula is C22H28N4O3. The van der Waals surface area contributed by atoms with E-state index in [2.05, 4.69) is 9.97 Å². The van der Waals surface area contributed by atoms with Crippen LogP contribution in [-0.4, -0.2) is 46.4 Å². The number of aromatic nitrogens is 2. The summed E-state index contributed by atoms with van der Waals surface area (Å²) in [5, 5.41) is 0. The molecule has 1 unspecified atom stereocenters. The van der Waals surface area contributed by atoms with Crippen LogP contribution in [0, 0.1) is 13.8 Å². The fourth-order valence-electron chi connectivity index (χ4n) is 3.85. The topological polar surface area (TPSA) is 98.4 Å². The molecule has 2 N–H and O–H groups in total. The highest BCUT2D eigenvalue weighted by atomic mass is 16.5. The van der Waals surface area contributed by atoms with Crippen LogP contribution in [0.2, 0.25) is 0 Å². The van der Waals surface area contributed by atoms with Crippen molar-refractivity contribution in [1.82, 2.24) is 14.9 Å². The molecule has 0 aliphatic carbocycles. The zero-order valence-corrected chi connectivity index (χ0v) is 17.3. The lowest BCUT2D eigenvalue weighted by molar-refractivity contribution is -0.117. The van der Waals surface area contributed by atoms with Crippen molar-refractivity contribution in [2.45, 2.75) is 46.0 Å². The van der Waals surface area contributed by atoms with E-state index < -0.39 is 5.91 Å². The smallest absolute Gasteiger partial charge is 0.257 e. The summed E-state index contributed by atoms with van der Waals surface area (Å²) in [6.07, 6.45) is 1.95. The van der Waals surface area contributed by atoms with Gasteiger partial charge in [0.05, 0.1) is 18.6 Å². The predicted molar refractivity (Wildman–Crippen MR) is 110 cm³/mol. The summed E-state index contributed by atoms with van der Waals surface area (Å²) in [6, 6.07) is 7.35. The van der Waals surface area contributed by atoms with E-state index in [1.807, 2.05) is 43.9 Å². The fourth-order valence-corrected chi connectivity index (χ4v) is 3.85. The van der Waals surface area contributed by atoms with E-state index in [9.17, 15) is 9.59 Å². The van der Waals surface area contributed by atoms with Gasteiger partial charge in [0, 0.05) is 36.0 Å². The first-order valence-corrected chi connectivity index (χ1v) is 10.0. The molecule has 1 aliphatic rings. The Hall–Kier alpha value is -2.96. The Balaban J connectivity index is 1.81. The summed E-state index contributed by atoms with van der Waals surface area (Å²) in [6.45, 7) is 7.43. The van der Waals surface area contributed by atoms with Gasteiger partial charge in [0.2, 0.25) is 5.91 Å². The predicted octanol–water partition coefficient (Wildman–Crippen LogP) is 2.54. The van der Waals surface area contributed by atoms with Crippen molar-refractivity contribution >= 4 is 11.8 Å². The zero-order chi connectivity index (χ0) is 21.0. The number of nitrogens with two attached hydrogens (primary N) is 1. The van der Waals surface area contributed by atoms with Gasteiger partial charge in [-0.1, -0.05) is 12.1 Å². The summed E-state index contributed by atoms with van der Waals surface area (Å²) < 4.78 is 5.63. The summed E-state index contributed by atoms with van der Waals surface area (Å²) in [5.41, 5.74) is 8.25. The molecular weight excluding hydrogens is 368 g/mol. The lowest BCUT2D eigenvalue weighted by Crippen LogP contribution is -2.39. The summed E-state index contributed by atoms with van der Waals surface area (Å²) in [5.74, 6) is 0.976. The average Bonchev–Trinajstić information content (AvgIpc) is 2.70. The van der Waals surface area contributed by atoms with Gasteiger partial charge in [-0.05, 0) is 45.7 Å². The molecule has 7 nitrogen and oxygen atoms in total. The van der Waals surface area contributed by atoms with E-state index in [0.717, 1.165) is 35.6 Å². The number of carbonyl (C=O) groups is 2. The molecule has 1 atom stereocenters. The Kier molecular flexibility index (Phi) is 6.46. The second kappa shape index (κ2) is 9.03. The largest absolute Gasteiger partial charge is 0.493 e. The van der Waals surface area contributed by atoms with E-state index in [1.165, 1.54) is 0 Å². The van der Waals surface area contributed by atoms with Crippen molar-refractivity contribution in [3.05, 3.63) is 52.6 Å². The first kappa shape index (κ1) is 20.8.